The molecule has 1 aliphatic rings. The number of benzene rings is 1. The summed E-state index contributed by atoms with van der Waals surface area (Å²) in [6, 6.07) is 4.98. The molecule has 38 heavy (non-hydrogen) atoms. The Bertz CT molecular complexity index is 1470. The molecule has 8 nitrogen and oxygen atoms in total. The highest BCUT2D eigenvalue weighted by Gasteiger charge is 2.31. The zero-order valence-corrected chi connectivity index (χ0v) is 21.9. The molecule has 12 heteroatoms. The van der Waals surface area contributed by atoms with E-state index in [-0.39, 0.29) is 30.0 Å². The molecule has 1 aromatic carbocycles. The van der Waals surface area contributed by atoms with Gasteiger partial charge < -0.3 is 15.0 Å². The van der Waals surface area contributed by atoms with Crippen molar-refractivity contribution in [2.75, 3.05) is 5.32 Å². The highest BCUT2D eigenvalue weighted by atomic mass is 32.1. The van der Waals surface area contributed by atoms with Gasteiger partial charge in [0.1, 0.15) is 5.52 Å². The lowest BCUT2D eigenvalue weighted by Gasteiger charge is -2.32. The van der Waals surface area contributed by atoms with Crippen LogP contribution in [-0.4, -0.2) is 41.6 Å². The summed E-state index contributed by atoms with van der Waals surface area (Å²) in [6.07, 6.45) is -1.15. The van der Waals surface area contributed by atoms with Gasteiger partial charge in [-0.25, -0.2) is 24.7 Å². The van der Waals surface area contributed by atoms with E-state index in [1.165, 1.54) is 23.5 Å². The number of fused-ring (bicyclic) bond motifs is 1. The molecule has 0 radical (unpaired) electrons. The van der Waals surface area contributed by atoms with E-state index < -0.39 is 17.7 Å². The number of hydrogen-bond acceptors (Lipinski definition) is 7. The molecular weight excluding hydrogens is 517 g/mol. The van der Waals surface area contributed by atoms with E-state index in [4.69, 9.17) is 4.98 Å². The smallest absolute Gasteiger partial charge is 0.416 e. The van der Waals surface area contributed by atoms with Crippen molar-refractivity contribution in [1.82, 2.24) is 24.5 Å². The second-order valence-electron chi connectivity index (χ2n) is 9.95. The Morgan fingerprint density at radius 1 is 1.13 bits per heavy atom. The summed E-state index contributed by atoms with van der Waals surface area (Å²) < 4.78 is 41.2. The predicted molar refractivity (Wildman–Crippen MR) is 138 cm³/mol. The Morgan fingerprint density at radius 3 is 2.39 bits per heavy atom. The molecule has 1 saturated carbocycles. The first-order valence-corrected chi connectivity index (χ1v) is 13.3. The summed E-state index contributed by atoms with van der Waals surface area (Å²) in [6.45, 7) is 6.26. The highest BCUT2D eigenvalue weighted by Crippen LogP contribution is 2.35. The maximum atomic E-state index is 13.1. The molecule has 0 aliphatic heterocycles. The highest BCUT2D eigenvalue weighted by molar-refractivity contribution is 7.13. The van der Waals surface area contributed by atoms with Crippen molar-refractivity contribution in [3.63, 3.8) is 0 Å². The van der Waals surface area contributed by atoms with Crippen LogP contribution in [0, 0.1) is 5.92 Å². The van der Waals surface area contributed by atoms with E-state index in [0.717, 1.165) is 37.1 Å². The number of anilines is 1. The summed E-state index contributed by atoms with van der Waals surface area (Å²) in [7, 11) is 0. The number of hydrogen-bond donors (Lipinski definition) is 2. The third kappa shape index (κ3) is 5.09. The molecule has 200 valence electrons. The lowest BCUT2D eigenvalue weighted by atomic mass is 9.80. The number of rotatable bonds is 8. The molecule has 0 bridgehead atoms. The van der Waals surface area contributed by atoms with Crippen molar-refractivity contribution in [3.8, 4) is 10.8 Å². The molecule has 2 N–H and O–H groups in total. The molecule has 1 fully saturated rings. The zero-order chi connectivity index (χ0) is 27.2. The normalized spacial score (nSPS) is 15.1. The van der Waals surface area contributed by atoms with Crippen molar-refractivity contribution in [1.29, 1.82) is 0 Å². The van der Waals surface area contributed by atoms with Crippen LogP contribution in [-0.2, 0) is 12.7 Å². The molecule has 0 unspecified atom stereocenters. The Morgan fingerprint density at radius 2 is 1.84 bits per heavy atom. The molecule has 3 aromatic heterocycles. The third-order valence-corrected chi connectivity index (χ3v) is 7.80. The minimum absolute atomic E-state index is 0.0359. The fourth-order valence-corrected chi connectivity index (χ4v) is 5.44. The van der Waals surface area contributed by atoms with E-state index in [2.05, 4.69) is 20.3 Å². The first kappa shape index (κ1) is 26.1. The van der Waals surface area contributed by atoms with Crippen LogP contribution in [0.4, 0.5) is 19.0 Å². The summed E-state index contributed by atoms with van der Waals surface area (Å²) >= 11 is 1.40. The first-order chi connectivity index (χ1) is 18.0. The van der Waals surface area contributed by atoms with E-state index >= 15 is 0 Å². The third-order valence-electron chi connectivity index (χ3n) is 6.94. The first-order valence-electron chi connectivity index (χ1n) is 12.4. The minimum atomic E-state index is -4.44. The number of carbonyl (C=O) groups is 1. The van der Waals surface area contributed by atoms with Gasteiger partial charge >= 0.3 is 12.1 Å². The number of nitrogens with zero attached hydrogens (tertiary/aromatic N) is 5. The van der Waals surface area contributed by atoms with Crippen molar-refractivity contribution < 1.29 is 23.1 Å². The lowest BCUT2D eigenvalue weighted by molar-refractivity contribution is -0.137. The van der Waals surface area contributed by atoms with Gasteiger partial charge in [0.05, 0.1) is 11.3 Å². The van der Waals surface area contributed by atoms with Crippen LogP contribution in [0.25, 0.3) is 22.0 Å². The van der Waals surface area contributed by atoms with Gasteiger partial charge in [0.2, 0.25) is 5.82 Å². The predicted octanol–water partition coefficient (Wildman–Crippen LogP) is 6.44. The van der Waals surface area contributed by atoms with E-state index in [1.54, 1.807) is 0 Å². The number of alkyl halides is 3. The Hall–Kier alpha value is -3.54. The van der Waals surface area contributed by atoms with Gasteiger partial charge in [0, 0.05) is 18.0 Å². The number of halogens is 3. The van der Waals surface area contributed by atoms with Crippen molar-refractivity contribution in [3.05, 3.63) is 52.3 Å². The van der Waals surface area contributed by atoms with Crippen LogP contribution in [0.2, 0.25) is 0 Å². The summed E-state index contributed by atoms with van der Waals surface area (Å²) in [5.74, 6) is -0.251. The molecule has 5 rings (SSSR count). The van der Waals surface area contributed by atoms with E-state index in [1.807, 2.05) is 30.7 Å². The molecule has 0 saturated heterocycles. The van der Waals surface area contributed by atoms with E-state index in [9.17, 15) is 23.1 Å². The lowest BCUT2D eigenvalue weighted by Crippen LogP contribution is -2.31. The van der Waals surface area contributed by atoms with Crippen LogP contribution < -0.4 is 5.32 Å². The van der Waals surface area contributed by atoms with Gasteiger partial charge in [0.15, 0.2) is 22.3 Å². The number of carboxylic acid groups (broad SMARTS) is 1. The van der Waals surface area contributed by atoms with Gasteiger partial charge in [-0.2, -0.15) is 13.2 Å². The monoisotopic (exact) mass is 544 g/mol. The van der Waals surface area contributed by atoms with Crippen molar-refractivity contribution in [2.45, 2.75) is 64.7 Å². The van der Waals surface area contributed by atoms with Crippen LogP contribution in [0.3, 0.4) is 0 Å². The average Bonchev–Trinajstić information content (AvgIpc) is 3.43. The summed E-state index contributed by atoms with van der Waals surface area (Å²) in [5, 5.41) is 15.6. The van der Waals surface area contributed by atoms with Crippen LogP contribution in [0.5, 0.6) is 0 Å². The van der Waals surface area contributed by atoms with Crippen molar-refractivity contribution >= 4 is 34.3 Å². The topological polar surface area (TPSA) is 106 Å². The summed E-state index contributed by atoms with van der Waals surface area (Å²) in [5.41, 5.74) is 1.43. The van der Waals surface area contributed by atoms with Gasteiger partial charge in [-0.05, 0) is 49.3 Å². The van der Waals surface area contributed by atoms with Crippen LogP contribution in [0.1, 0.15) is 73.4 Å². The molecular formula is C26H27F3N6O2S. The number of imidazole rings is 1. The number of aromatic nitrogens is 5. The van der Waals surface area contributed by atoms with Gasteiger partial charge in [-0.3, -0.25) is 0 Å². The quantitative estimate of drug-likeness (QED) is 0.263. The SMILES string of the molecule is CC(C)c1csc(-c2nc3nc(C(=O)O)nc(N[C@H](C)C4CCC4)c3n2Cc2ccc(C(F)(F)F)cc2)n1. The molecule has 1 aliphatic carbocycles. The second kappa shape index (κ2) is 9.97. The number of thiazole rings is 1. The molecule has 3 heterocycles. The molecule has 0 amide bonds. The standard InChI is InChI=1S/C26H27F3N6O2S/c1-13(2)18-12-38-24(31-18)23-34-21-19(35(23)11-15-7-9-17(10-8-15)26(27,28)29)20(32-22(33-21)25(36)37)30-14(3)16-5-4-6-16/h7-10,12-14,16H,4-6,11H2,1-3H3,(H,36,37)(H,30,32,33)/t14-/m1/s1. The molecule has 0 spiro atoms. The second-order valence-corrected chi connectivity index (χ2v) is 10.8. The number of carboxylic acids is 1. The van der Waals surface area contributed by atoms with Crippen LogP contribution in [0.15, 0.2) is 29.6 Å². The fourth-order valence-electron chi connectivity index (χ4n) is 4.46. The van der Waals surface area contributed by atoms with Gasteiger partial charge in [0.25, 0.3) is 0 Å². The van der Waals surface area contributed by atoms with Gasteiger partial charge in [-0.1, -0.05) is 32.4 Å². The zero-order valence-electron chi connectivity index (χ0n) is 21.1. The Balaban J connectivity index is 1.67. The largest absolute Gasteiger partial charge is 0.475 e. The maximum absolute atomic E-state index is 13.1. The average molecular weight is 545 g/mol. The minimum Gasteiger partial charge on any atom is -0.475 e. The number of nitrogens with one attached hydrogen (secondary N) is 1. The van der Waals surface area contributed by atoms with E-state index in [0.29, 0.717) is 33.6 Å². The van der Waals surface area contributed by atoms with Gasteiger partial charge in [-0.15, -0.1) is 11.3 Å². The summed E-state index contributed by atoms with van der Waals surface area (Å²) in [4.78, 5) is 29.8. The Kier molecular flexibility index (Phi) is 6.84. The number of aromatic carboxylic acids is 1. The molecule has 1 atom stereocenters. The Labute approximate surface area is 221 Å². The van der Waals surface area contributed by atoms with Crippen molar-refractivity contribution in [2.24, 2.45) is 5.92 Å². The fraction of sp³-hybridized carbons (Fsp3) is 0.423. The van der Waals surface area contributed by atoms with Crippen LogP contribution >= 0.6 is 11.3 Å². The molecule has 4 aromatic rings. The maximum Gasteiger partial charge on any atom is 0.416 e.